The fourth-order valence-corrected chi connectivity index (χ4v) is 5.42. The molecule has 0 unspecified atom stereocenters. The number of aromatic nitrogens is 1. The highest BCUT2D eigenvalue weighted by Gasteiger charge is 2.33. The number of halogens is 1. The van der Waals surface area contributed by atoms with Crippen LogP contribution in [0.4, 0.5) is 0 Å². The maximum Gasteiger partial charge on any atom is 0.338 e. The first-order valence-corrected chi connectivity index (χ1v) is 12.7. The highest BCUT2D eigenvalue weighted by molar-refractivity contribution is 7.07. The predicted octanol–water partition coefficient (Wildman–Crippen LogP) is 4.25. The van der Waals surface area contributed by atoms with Crippen LogP contribution in [0.2, 0.25) is 5.02 Å². The summed E-state index contributed by atoms with van der Waals surface area (Å²) in [5, 5.41) is 0.380. The van der Waals surface area contributed by atoms with Crippen LogP contribution < -0.4 is 24.4 Å². The second kappa shape index (κ2) is 10.7. The van der Waals surface area contributed by atoms with Gasteiger partial charge in [0.15, 0.2) is 16.3 Å². The number of allylic oxidation sites excluding steroid dienone is 1. The molecule has 0 saturated carbocycles. The first-order chi connectivity index (χ1) is 17.3. The molecule has 1 aliphatic heterocycles. The number of hydrogen-bond donors (Lipinski definition) is 0. The Balaban J connectivity index is 1.93. The molecule has 0 aliphatic carbocycles. The lowest BCUT2D eigenvalue weighted by Gasteiger charge is -2.25. The number of rotatable bonds is 7. The quantitative estimate of drug-likeness (QED) is 0.430. The number of hydrogen-bond acceptors (Lipinski definition) is 7. The molecule has 0 bridgehead atoms. The largest absolute Gasteiger partial charge is 0.493 e. The molecule has 4 rings (SSSR count). The summed E-state index contributed by atoms with van der Waals surface area (Å²) in [5.74, 6) is 0.418. The van der Waals surface area contributed by atoms with Crippen LogP contribution in [-0.2, 0) is 9.53 Å². The summed E-state index contributed by atoms with van der Waals surface area (Å²) >= 11 is 7.75. The second-order valence-corrected chi connectivity index (χ2v) is 9.82. The van der Waals surface area contributed by atoms with E-state index in [1.54, 1.807) is 22.8 Å². The Morgan fingerprint density at radius 1 is 1.22 bits per heavy atom. The molecule has 188 valence electrons. The molecule has 0 saturated heterocycles. The summed E-state index contributed by atoms with van der Waals surface area (Å²) in [6.45, 7) is 5.73. The van der Waals surface area contributed by atoms with Gasteiger partial charge in [0.25, 0.3) is 5.56 Å². The van der Waals surface area contributed by atoms with Gasteiger partial charge in [-0.25, -0.2) is 9.79 Å². The first kappa shape index (κ1) is 25.7. The lowest BCUT2D eigenvalue weighted by molar-refractivity contribution is -0.136. The molecule has 0 spiro atoms. The number of benzene rings is 2. The molecule has 2 aromatic carbocycles. The maximum absolute atomic E-state index is 13.7. The van der Waals surface area contributed by atoms with Gasteiger partial charge in [-0.1, -0.05) is 60.2 Å². The van der Waals surface area contributed by atoms with Crippen molar-refractivity contribution in [2.45, 2.75) is 39.3 Å². The van der Waals surface area contributed by atoms with E-state index in [2.05, 4.69) is 4.99 Å². The molecule has 0 N–H and O–H groups in total. The molecular formula is C27H27ClN2O5S. The minimum absolute atomic E-state index is 0.0827. The molecule has 0 radical (unpaired) electrons. The van der Waals surface area contributed by atoms with E-state index in [1.165, 1.54) is 25.6 Å². The third-order valence-corrected chi connectivity index (χ3v) is 6.93. The number of ether oxygens (including phenoxy) is 3. The molecule has 0 amide bonds. The third kappa shape index (κ3) is 4.83. The highest BCUT2D eigenvalue weighted by atomic mass is 35.5. The summed E-state index contributed by atoms with van der Waals surface area (Å²) in [4.78, 5) is 31.8. The van der Waals surface area contributed by atoms with Gasteiger partial charge >= 0.3 is 5.97 Å². The molecule has 7 nitrogen and oxygen atoms in total. The summed E-state index contributed by atoms with van der Waals surface area (Å²) in [7, 11) is 2.87. The smallest absolute Gasteiger partial charge is 0.338 e. The van der Waals surface area contributed by atoms with Crippen molar-refractivity contribution in [2.24, 2.45) is 4.99 Å². The van der Waals surface area contributed by atoms with Crippen molar-refractivity contribution < 1.29 is 19.0 Å². The molecule has 1 aliphatic rings. The molecule has 1 atom stereocenters. The Kier molecular flexibility index (Phi) is 7.66. The number of esters is 1. The van der Waals surface area contributed by atoms with Crippen molar-refractivity contribution >= 4 is 35.0 Å². The van der Waals surface area contributed by atoms with Gasteiger partial charge in [0.2, 0.25) is 0 Å². The molecule has 3 aromatic rings. The van der Waals surface area contributed by atoms with E-state index in [9.17, 15) is 9.59 Å². The number of methoxy groups -OCH3 is 2. The maximum atomic E-state index is 13.7. The number of carbonyl (C=O) groups is 1. The van der Waals surface area contributed by atoms with Crippen molar-refractivity contribution in [1.82, 2.24) is 4.57 Å². The van der Waals surface area contributed by atoms with Crippen LogP contribution in [-0.4, -0.2) is 30.9 Å². The van der Waals surface area contributed by atoms with E-state index < -0.39 is 12.0 Å². The van der Waals surface area contributed by atoms with Crippen LogP contribution in [0.15, 0.2) is 63.5 Å². The fourth-order valence-electron chi connectivity index (χ4n) is 4.14. The number of nitrogens with zero attached hydrogens (tertiary/aromatic N) is 2. The average molecular weight is 527 g/mol. The zero-order chi connectivity index (χ0) is 26.0. The summed E-state index contributed by atoms with van der Waals surface area (Å²) < 4.78 is 18.4. The zero-order valence-electron chi connectivity index (χ0n) is 20.7. The van der Waals surface area contributed by atoms with Crippen molar-refractivity contribution in [2.75, 3.05) is 14.2 Å². The van der Waals surface area contributed by atoms with Gasteiger partial charge in [-0.15, -0.1) is 0 Å². The lowest BCUT2D eigenvalue weighted by atomic mass is 9.95. The monoisotopic (exact) mass is 526 g/mol. The van der Waals surface area contributed by atoms with Gasteiger partial charge in [-0.05, 0) is 49.6 Å². The fraction of sp³-hybridized carbons (Fsp3) is 0.296. The van der Waals surface area contributed by atoms with Crippen LogP contribution in [0.1, 0.15) is 44.4 Å². The highest BCUT2D eigenvalue weighted by Crippen LogP contribution is 2.37. The number of fused-ring (bicyclic) bond motifs is 1. The predicted molar refractivity (Wildman–Crippen MR) is 141 cm³/mol. The van der Waals surface area contributed by atoms with Gasteiger partial charge in [0.05, 0.1) is 47.2 Å². The molecule has 36 heavy (non-hydrogen) atoms. The standard InChI is InChI=1S/C27H27ClN2O5S/c1-6-19-22(26(32)34-5)23(17-10-8-7-9-11-17)30-25(31)21(36-27(30)29-19)14-16-12-18(28)24(35-15(2)3)20(13-16)33-4/h7-15,23H,6H2,1-5H3/b21-14+/t23-/m1/s1. The van der Waals surface area contributed by atoms with E-state index in [1.807, 2.05) is 51.1 Å². The van der Waals surface area contributed by atoms with E-state index in [-0.39, 0.29) is 11.7 Å². The number of thiazole rings is 1. The zero-order valence-corrected chi connectivity index (χ0v) is 22.3. The Hall–Kier alpha value is -3.36. The molecule has 2 heterocycles. The van der Waals surface area contributed by atoms with Crippen molar-refractivity contribution in [3.63, 3.8) is 0 Å². The van der Waals surface area contributed by atoms with Gasteiger partial charge < -0.3 is 14.2 Å². The Labute approximate surface area is 217 Å². The molecular weight excluding hydrogens is 500 g/mol. The van der Waals surface area contributed by atoms with Crippen LogP contribution >= 0.6 is 22.9 Å². The van der Waals surface area contributed by atoms with Crippen LogP contribution in [0.25, 0.3) is 6.08 Å². The Morgan fingerprint density at radius 2 is 1.94 bits per heavy atom. The van der Waals surface area contributed by atoms with E-state index in [0.717, 1.165) is 5.56 Å². The minimum Gasteiger partial charge on any atom is -0.493 e. The summed E-state index contributed by atoms with van der Waals surface area (Å²) in [6.07, 6.45) is 2.18. The second-order valence-electron chi connectivity index (χ2n) is 8.40. The SMILES string of the molecule is CCC1=C(C(=O)OC)[C@@H](c2ccccc2)n2c(s/c(=C/c3cc(Cl)c(OC(C)C)c(OC)c3)c2=O)=N1. The van der Waals surface area contributed by atoms with Gasteiger partial charge in [-0.3, -0.25) is 9.36 Å². The molecule has 9 heteroatoms. The van der Waals surface area contributed by atoms with Crippen molar-refractivity contribution in [3.8, 4) is 11.5 Å². The molecule has 0 fully saturated rings. The van der Waals surface area contributed by atoms with Crippen LogP contribution in [0, 0.1) is 0 Å². The van der Waals surface area contributed by atoms with Gasteiger partial charge in [0.1, 0.15) is 0 Å². The number of carbonyl (C=O) groups excluding carboxylic acids is 1. The lowest BCUT2D eigenvalue weighted by Crippen LogP contribution is -2.40. The average Bonchev–Trinajstić information content (AvgIpc) is 3.18. The van der Waals surface area contributed by atoms with E-state index in [4.69, 9.17) is 25.8 Å². The summed E-state index contributed by atoms with van der Waals surface area (Å²) in [6, 6.07) is 12.3. The van der Waals surface area contributed by atoms with Crippen molar-refractivity contribution in [3.05, 3.63) is 89.6 Å². The van der Waals surface area contributed by atoms with Crippen LogP contribution in [0.5, 0.6) is 11.5 Å². The van der Waals surface area contributed by atoms with Crippen LogP contribution in [0.3, 0.4) is 0 Å². The first-order valence-electron chi connectivity index (χ1n) is 11.5. The Bertz CT molecular complexity index is 1510. The topological polar surface area (TPSA) is 79.1 Å². The molecule has 1 aromatic heterocycles. The van der Waals surface area contributed by atoms with Gasteiger partial charge in [-0.2, -0.15) is 0 Å². The minimum atomic E-state index is -0.646. The van der Waals surface area contributed by atoms with E-state index in [0.29, 0.717) is 49.1 Å². The summed E-state index contributed by atoms with van der Waals surface area (Å²) in [5.41, 5.74) is 2.18. The third-order valence-electron chi connectivity index (χ3n) is 5.67. The normalized spacial score (nSPS) is 15.5. The van der Waals surface area contributed by atoms with Gasteiger partial charge in [0, 0.05) is 0 Å². The van der Waals surface area contributed by atoms with E-state index >= 15 is 0 Å². The Morgan fingerprint density at radius 3 is 2.56 bits per heavy atom. The van der Waals surface area contributed by atoms with Crippen molar-refractivity contribution in [1.29, 1.82) is 0 Å².